The van der Waals surface area contributed by atoms with Crippen molar-refractivity contribution in [3.8, 4) is 22.6 Å². The van der Waals surface area contributed by atoms with Crippen molar-refractivity contribution in [3.63, 3.8) is 0 Å². The lowest BCUT2D eigenvalue weighted by Crippen LogP contribution is -2.28. The maximum atomic E-state index is 13.5. The molecule has 0 saturated carbocycles. The van der Waals surface area contributed by atoms with Crippen LogP contribution < -0.4 is 9.47 Å². The Morgan fingerprint density at radius 1 is 0.927 bits per heavy atom. The van der Waals surface area contributed by atoms with Gasteiger partial charge in [0.1, 0.15) is 5.76 Å². The van der Waals surface area contributed by atoms with E-state index in [1.807, 2.05) is 60.7 Å². The van der Waals surface area contributed by atoms with E-state index in [2.05, 4.69) is 48.3 Å². The molecule has 41 heavy (non-hydrogen) atoms. The minimum atomic E-state index is -0.174. The topological polar surface area (TPSA) is 76.6 Å². The summed E-state index contributed by atoms with van der Waals surface area (Å²) in [5, 5.41) is 9.20. The third kappa shape index (κ3) is 7.15. The predicted octanol–water partition coefficient (Wildman–Crippen LogP) is 7.50. The molecule has 5 rings (SSSR count). The van der Waals surface area contributed by atoms with Crippen LogP contribution in [0.1, 0.15) is 30.7 Å². The number of hydrogen-bond donors (Lipinski definition) is 0. The Kier molecular flexibility index (Phi) is 9.01. The molecular weight excluding hydrogens is 534 g/mol. The van der Waals surface area contributed by atoms with Crippen molar-refractivity contribution in [1.29, 1.82) is 0 Å². The second-order valence-corrected chi connectivity index (χ2v) is 10.8. The Balaban J connectivity index is 1.37. The molecule has 8 heteroatoms. The number of carbonyl (C=O) groups excluding carboxylic acids is 1. The van der Waals surface area contributed by atoms with Gasteiger partial charge in [-0.1, -0.05) is 74.5 Å². The van der Waals surface area contributed by atoms with E-state index in [1.165, 1.54) is 11.8 Å². The first-order valence-electron chi connectivity index (χ1n) is 13.3. The van der Waals surface area contributed by atoms with Crippen LogP contribution >= 0.6 is 11.8 Å². The zero-order chi connectivity index (χ0) is 28.6. The summed E-state index contributed by atoms with van der Waals surface area (Å²) in [6.07, 6.45) is 5.09. The molecule has 0 atom stereocenters. The van der Waals surface area contributed by atoms with E-state index in [1.54, 1.807) is 30.6 Å². The Labute approximate surface area is 244 Å². The second-order valence-electron chi connectivity index (χ2n) is 9.81. The fourth-order valence-corrected chi connectivity index (χ4v) is 5.05. The number of benzene rings is 3. The van der Waals surface area contributed by atoms with Crippen LogP contribution in [-0.2, 0) is 11.3 Å². The lowest BCUT2D eigenvalue weighted by molar-refractivity contribution is -0.122. The van der Waals surface area contributed by atoms with Gasteiger partial charge in [-0.05, 0) is 70.3 Å². The Morgan fingerprint density at radius 3 is 2.39 bits per heavy atom. The maximum Gasteiger partial charge on any atom is 0.267 e. The van der Waals surface area contributed by atoms with E-state index in [0.717, 1.165) is 22.3 Å². The number of hydrogen-bond acceptors (Lipinski definition) is 7. The molecule has 0 N–H and O–H groups in total. The van der Waals surface area contributed by atoms with E-state index in [9.17, 15) is 4.79 Å². The number of amidine groups is 1. The highest BCUT2D eigenvalue weighted by Gasteiger charge is 2.34. The highest BCUT2D eigenvalue weighted by molar-refractivity contribution is 8.18. The fraction of sp³-hybridized carbons (Fsp3) is 0.182. The van der Waals surface area contributed by atoms with Crippen LogP contribution in [0.25, 0.3) is 17.2 Å². The van der Waals surface area contributed by atoms with Crippen LogP contribution in [0.4, 0.5) is 0 Å². The molecule has 1 amide bonds. The van der Waals surface area contributed by atoms with Crippen molar-refractivity contribution < 1.29 is 18.7 Å². The summed E-state index contributed by atoms with van der Waals surface area (Å²) in [5.74, 6) is 2.15. The quantitative estimate of drug-likeness (QED) is 0.113. The van der Waals surface area contributed by atoms with Crippen molar-refractivity contribution in [2.24, 2.45) is 16.1 Å². The van der Waals surface area contributed by atoms with Crippen LogP contribution in [0.3, 0.4) is 0 Å². The molecule has 4 aromatic rings. The molecule has 1 aromatic heterocycles. The molecule has 0 unspecified atom stereocenters. The molecule has 3 aromatic carbocycles. The number of nitrogens with zero attached hydrogens (tertiary/aromatic N) is 3. The van der Waals surface area contributed by atoms with Crippen molar-refractivity contribution in [2.45, 2.75) is 20.4 Å². The van der Waals surface area contributed by atoms with Crippen LogP contribution in [0, 0.1) is 5.92 Å². The van der Waals surface area contributed by atoms with Gasteiger partial charge in [-0.15, -0.1) is 5.10 Å². The summed E-state index contributed by atoms with van der Waals surface area (Å²) in [4.78, 5) is 15.6. The lowest BCUT2D eigenvalue weighted by Gasteiger charge is -2.13. The van der Waals surface area contributed by atoms with Crippen molar-refractivity contribution in [2.75, 3.05) is 13.7 Å². The first-order chi connectivity index (χ1) is 20.0. The van der Waals surface area contributed by atoms with Gasteiger partial charge in [0.25, 0.3) is 5.91 Å². The summed E-state index contributed by atoms with van der Waals surface area (Å²) >= 11 is 1.27. The van der Waals surface area contributed by atoms with Crippen LogP contribution in [-0.4, -0.2) is 35.9 Å². The molecule has 1 aliphatic heterocycles. The average Bonchev–Trinajstić information content (AvgIpc) is 3.61. The van der Waals surface area contributed by atoms with E-state index in [0.29, 0.717) is 39.9 Å². The van der Waals surface area contributed by atoms with Crippen molar-refractivity contribution >= 4 is 35.1 Å². The molecule has 208 valence electrons. The summed E-state index contributed by atoms with van der Waals surface area (Å²) in [6, 6.07) is 27.5. The number of carbonyl (C=O) groups is 1. The van der Waals surface area contributed by atoms with E-state index in [4.69, 9.17) is 13.9 Å². The van der Waals surface area contributed by atoms with Gasteiger partial charge in [-0.25, -0.2) is 0 Å². The first-order valence-corrected chi connectivity index (χ1v) is 14.1. The number of thioether (sulfide) groups is 1. The largest absolute Gasteiger partial charge is 0.493 e. The smallest absolute Gasteiger partial charge is 0.267 e. The van der Waals surface area contributed by atoms with Crippen LogP contribution in [0.2, 0.25) is 0 Å². The Bertz CT molecular complexity index is 1560. The Morgan fingerprint density at radius 2 is 1.68 bits per heavy atom. The molecule has 0 radical (unpaired) electrons. The van der Waals surface area contributed by atoms with Gasteiger partial charge in [0.05, 0.1) is 37.6 Å². The zero-order valence-corrected chi connectivity index (χ0v) is 24.0. The van der Waals surface area contributed by atoms with Gasteiger partial charge in [0.15, 0.2) is 16.7 Å². The highest BCUT2D eigenvalue weighted by atomic mass is 32.2. The van der Waals surface area contributed by atoms with Gasteiger partial charge in [-0.3, -0.25) is 9.69 Å². The normalized spacial score (nSPS) is 15.5. The number of rotatable bonds is 10. The number of methoxy groups -OCH3 is 1. The SMILES string of the molecule is COc1cc(/C=C2\S/C(=N\N=C\c3ccc(-c4ccccc4)cc3)N(Cc3ccco3)C2=O)ccc1OCC(C)C. The minimum absolute atomic E-state index is 0.174. The standard InChI is InChI=1S/C33H31N3O4S/c1-23(2)22-40-29-16-13-25(18-30(29)38-3)19-31-32(37)36(21-28-10-7-17-39-28)33(41-31)35-34-20-24-11-14-27(15-12-24)26-8-5-4-6-9-26/h4-20,23H,21-22H2,1-3H3/b31-19-,34-20+,35-33-. The van der Waals surface area contributed by atoms with Gasteiger partial charge in [0, 0.05) is 0 Å². The Hall–Kier alpha value is -4.56. The molecule has 7 nitrogen and oxygen atoms in total. The molecule has 2 heterocycles. The van der Waals surface area contributed by atoms with Gasteiger partial charge < -0.3 is 13.9 Å². The van der Waals surface area contributed by atoms with Crippen molar-refractivity contribution in [1.82, 2.24) is 4.90 Å². The van der Waals surface area contributed by atoms with Crippen LogP contribution in [0.5, 0.6) is 11.5 Å². The molecule has 0 aliphatic carbocycles. The number of furan rings is 1. The van der Waals surface area contributed by atoms with E-state index >= 15 is 0 Å². The van der Waals surface area contributed by atoms with Gasteiger partial charge in [0.2, 0.25) is 0 Å². The summed E-state index contributed by atoms with van der Waals surface area (Å²) in [6.45, 7) is 5.02. The van der Waals surface area contributed by atoms with E-state index in [-0.39, 0.29) is 12.5 Å². The third-order valence-electron chi connectivity index (χ3n) is 6.21. The van der Waals surface area contributed by atoms with E-state index < -0.39 is 0 Å². The lowest BCUT2D eigenvalue weighted by atomic mass is 10.0. The van der Waals surface area contributed by atoms with Gasteiger partial charge in [-0.2, -0.15) is 5.10 Å². The van der Waals surface area contributed by atoms with Crippen molar-refractivity contribution in [3.05, 3.63) is 113 Å². The highest BCUT2D eigenvalue weighted by Crippen LogP contribution is 2.36. The second kappa shape index (κ2) is 13.2. The maximum absolute atomic E-state index is 13.5. The predicted molar refractivity (Wildman–Crippen MR) is 165 cm³/mol. The fourth-order valence-electron chi connectivity index (χ4n) is 4.12. The molecular formula is C33H31N3O4S. The average molecular weight is 566 g/mol. The summed E-state index contributed by atoms with van der Waals surface area (Å²) < 4.78 is 16.9. The molecule has 0 bridgehead atoms. The molecule has 0 spiro atoms. The zero-order valence-electron chi connectivity index (χ0n) is 23.2. The third-order valence-corrected chi connectivity index (χ3v) is 7.20. The number of ether oxygens (including phenoxy) is 2. The molecule has 1 fully saturated rings. The van der Waals surface area contributed by atoms with Gasteiger partial charge >= 0.3 is 0 Å². The summed E-state index contributed by atoms with van der Waals surface area (Å²) in [5.41, 5.74) is 4.00. The molecule has 1 saturated heterocycles. The first kappa shape index (κ1) is 28.0. The van der Waals surface area contributed by atoms with Crippen LogP contribution in [0.15, 0.2) is 111 Å². The molecule has 1 aliphatic rings. The summed E-state index contributed by atoms with van der Waals surface area (Å²) in [7, 11) is 1.60. The number of amides is 1. The minimum Gasteiger partial charge on any atom is -0.493 e. The monoisotopic (exact) mass is 565 g/mol.